The van der Waals surface area contributed by atoms with Crippen molar-refractivity contribution in [3.63, 3.8) is 0 Å². The number of carboxylic acid groups (broad SMARTS) is 1. The molecule has 8 nitrogen and oxygen atoms in total. The van der Waals surface area contributed by atoms with E-state index in [-0.39, 0.29) is 17.2 Å². The van der Waals surface area contributed by atoms with Crippen LogP contribution in [0.5, 0.6) is 0 Å². The van der Waals surface area contributed by atoms with Gasteiger partial charge in [-0.2, -0.15) is 0 Å². The van der Waals surface area contributed by atoms with Gasteiger partial charge in [0.05, 0.1) is 26.6 Å². The Hall–Kier alpha value is -3.46. The van der Waals surface area contributed by atoms with Crippen LogP contribution in [0.3, 0.4) is 0 Å². The molecule has 0 bridgehead atoms. The van der Waals surface area contributed by atoms with Crippen molar-refractivity contribution in [2.75, 3.05) is 7.05 Å². The summed E-state index contributed by atoms with van der Waals surface area (Å²) in [6.45, 7) is 1.65. The summed E-state index contributed by atoms with van der Waals surface area (Å²) < 4.78 is 0. The number of amidine groups is 1. The number of nitro benzene ring substituents is 1. The lowest BCUT2D eigenvalue weighted by molar-refractivity contribution is -0.385. The average Bonchev–Trinajstić information content (AvgIpc) is 2.91. The minimum absolute atomic E-state index is 0.0959. The number of thioether (sulfide) groups is 1. The molecule has 0 saturated carbocycles. The van der Waals surface area contributed by atoms with Crippen LogP contribution in [-0.2, 0) is 4.79 Å². The molecule has 142 valence electrons. The summed E-state index contributed by atoms with van der Waals surface area (Å²) in [5.74, 6) is -1.39. The standard InChI is InChI=1S/C19H15N3O5S/c1-11-13(18(24)25)7-5-8-14(11)20-19-21(2)17(23)16(28-19)10-12-6-3-4-9-15(12)22(26)27/h3-10H,1-2H3,(H,24,25)/b16-10-,20-19?. The van der Waals surface area contributed by atoms with Crippen molar-refractivity contribution in [1.82, 2.24) is 4.90 Å². The smallest absolute Gasteiger partial charge is 0.336 e. The number of hydrogen-bond donors (Lipinski definition) is 1. The third-order valence-corrected chi connectivity index (χ3v) is 5.24. The van der Waals surface area contributed by atoms with E-state index in [4.69, 9.17) is 0 Å². The number of aromatic carboxylic acids is 1. The molecule has 0 spiro atoms. The van der Waals surface area contributed by atoms with Crippen LogP contribution in [0, 0.1) is 17.0 Å². The fourth-order valence-corrected chi connectivity index (χ4v) is 3.62. The predicted octanol–water partition coefficient (Wildman–Crippen LogP) is 3.84. The average molecular weight is 397 g/mol. The van der Waals surface area contributed by atoms with Gasteiger partial charge in [0.25, 0.3) is 11.6 Å². The molecule has 0 aliphatic carbocycles. The number of likely N-dealkylation sites (N-methyl/N-ethyl adjacent to an activating group) is 1. The largest absolute Gasteiger partial charge is 0.478 e. The second-order valence-corrected chi connectivity index (χ2v) is 6.95. The Bertz CT molecular complexity index is 1060. The van der Waals surface area contributed by atoms with Gasteiger partial charge in [-0.1, -0.05) is 18.2 Å². The number of rotatable bonds is 4. The molecule has 1 aliphatic heterocycles. The first-order valence-electron chi connectivity index (χ1n) is 8.12. The number of aliphatic imine (C=N–C) groups is 1. The zero-order chi connectivity index (χ0) is 20.4. The molecule has 28 heavy (non-hydrogen) atoms. The summed E-state index contributed by atoms with van der Waals surface area (Å²) in [4.78, 5) is 40.6. The first kappa shape index (κ1) is 19.3. The van der Waals surface area contributed by atoms with Crippen LogP contribution in [-0.4, -0.2) is 39.0 Å². The highest BCUT2D eigenvalue weighted by Crippen LogP contribution is 2.35. The topological polar surface area (TPSA) is 113 Å². The minimum atomic E-state index is -1.06. The van der Waals surface area contributed by atoms with Crippen LogP contribution in [0.15, 0.2) is 52.4 Å². The van der Waals surface area contributed by atoms with Crippen LogP contribution in [0.2, 0.25) is 0 Å². The zero-order valence-electron chi connectivity index (χ0n) is 14.9. The molecule has 0 radical (unpaired) electrons. The number of carbonyl (C=O) groups excluding carboxylic acids is 1. The van der Waals surface area contributed by atoms with Gasteiger partial charge in [0.2, 0.25) is 0 Å². The van der Waals surface area contributed by atoms with Gasteiger partial charge >= 0.3 is 5.97 Å². The van der Waals surface area contributed by atoms with Gasteiger partial charge in [-0.25, -0.2) is 9.79 Å². The third kappa shape index (κ3) is 3.65. The van der Waals surface area contributed by atoms with E-state index < -0.39 is 10.9 Å². The summed E-state index contributed by atoms with van der Waals surface area (Å²) in [5.41, 5.74) is 1.28. The number of amides is 1. The lowest BCUT2D eigenvalue weighted by Crippen LogP contribution is -2.23. The number of carboxylic acids is 1. The molecule has 0 aromatic heterocycles. The second kappa shape index (κ2) is 7.65. The lowest BCUT2D eigenvalue weighted by atomic mass is 10.1. The van der Waals surface area contributed by atoms with Gasteiger partial charge < -0.3 is 5.11 Å². The number of carbonyl (C=O) groups is 2. The Labute approximate surface area is 164 Å². The zero-order valence-corrected chi connectivity index (χ0v) is 15.8. The van der Waals surface area contributed by atoms with E-state index in [1.54, 1.807) is 44.3 Å². The SMILES string of the molecule is Cc1c(N=C2S/C(=C\c3ccccc3[N+](=O)[O-])C(=O)N2C)cccc1C(=O)O. The van der Waals surface area contributed by atoms with Crippen molar-refractivity contribution in [1.29, 1.82) is 0 Å². The van der Waals surface area contributed by atoms with Crippen molar-refractivity contribution in [2.24, 2.45) is 4.99 Å². The molecule has 0 atom stereocenters. The van der Waals surface area contributed by atoms with Crippen LogP contribution in [0.25, 0.3) is 6.08 Å². The van der Waals surface area contributed by atoms with E-state index in [0.29, 0.717) is 26.9 Å². The van der Waals surface area contributed by atoms with E-state index >= 15 is 0 Å². The Kier molecular flexibility index (Phi) is 5.27. The van der Waals surface area contributed by atoms with Crippen LogP contribution < -0.4 is 0 Å². The molecular weight excluding hydrogens is 382 g/mol. The molecule has 1 heterocycles. The molecule has 1 fully saturated rings. The summed E-state index contributed by atoms with van der Waals surface area (Å²) in [5, 5.41) is 20.8. The Morgan fingerprint density at radius 3 is 2.64 bits per heavy atom. The fraction of sp³-hybridized carbons (Fsp3) is 0.105. The highest BCUT2D eigenvalue weighted by molar-refractivity contribution is 8.18. The van der Waals surface area contributed by atoms with Gasteiger partial charge in [0, 0.05) is 13.1 Å². The van der Waals surface area contributed by atoms with Gasteiger partial charge in [0.1, 0.15) is 0 Å². The Morgan fingerprint density at radius 1 is 1.25 bits per heavy atom. The first-order valence-corrected chi connectivity index (χ1v) is 8.94. The molecule has 1 saturated heterocycles. The molecule has 1 amide bonds. The second-order valence-electron chi connectivity index (χ2n) is 5.94. The summed E-state index contributed by atoms with van der Waals surface area (Å²) in [6.07, 6.45) is 1.46. The molecule has 9 heteroatoms. The summed E-state index contributed by atoms with van der Waals surface area (Å²) >= 11 is 1.08. The number of hydrogen-bond acceptors (Lipinski definition) is 6. The maximum atomic E-state index is 12.5. The van der Waals surface area contributed by atoms with E-state index in [0.717, 1.165) is 11.8 Å². The molecule has 3 rings (SSSR count). The molecule has 1 N–H and O–H groups in total. The third-order valence-electron chi connectivity index (χ3n) is 4.18. The quantitative estimate of drug-likeness (QED) is 0.476. The van der Waals surface area contributed by atoms with Crippen molar-refractivity contribution in [3.05, 3.63) is 74.2 Å². The van der Waals surface area contributed by atoms with Crippen LogP contribution >= 0.6 is 11.8 Å². The molecular formula is C19H15N3O5S. The number of benzene rings is 2. The summed E-state index contributed by atoms with van der Waals surface area (Å²) in [6, 6.07) is 10.9. The maximum absolute atomic E-state index is 12.5. The van der Waals surface area contributed by atoms with Gasteiger partial charge in [-0.3, -0.25) is 19.8 Å². The van der Waals surface area contributed by atoms with E-state index in [1.807, 2.05) is 0 Å². The molecule has 2 aromatic carbocycles. The predicted molar refractivity (Wildman–Crippen MR) is 107 cm³/mol. The normalized spacial score (nSPS) is 16.8. The van der Waals surface area contributed by atoms with Crippen molar-refractivity contribution in [2.45, 2.75) is 6.92 Å². The minimum Gasteiger partial charge on any atom is -0.478 e. The van der Waals surface area contributed by atoms with Crippen molar-refractivity contribution in [3.8, 4) is 0 Å². The van der Waals surface area contributed by atoms with Gasteiger partial charge in [-0.05, 0) is 48.5 Å². The van der Waals surface area contributed by atoms with E-state index in [1.165, 1.54) is 23.1 Å². The Morgan fingerprint density at radius 2 is 1.96 bits per heavy atom. The van der Waals surface area contributed by atoms with Crippen LogP contribution in [0.1, 0.15) is 21.5 Å². The lowest BCUT2D eigenvalue weighted by Gasteiger charge is -2.09. The fourth-order valence-electron chi connectivity index (χ4n) is 2.65. The molecule has 2 aromatic rings. The highest BCUT2D eigenvalue weighted by atomic mass is 32.2. The van der Waals surface area contributed by atoms with Crippen molar-refractivity contribution >= 4 is 46.3 Å². The Balaban J connectivity index is 1.99. The highest BCUT2D eigenvalue weighted by Gasteiger charge is 2.31. The van der Waals surface area contributed by atoms with Gasteiger partial charge in [0.15, 0.2) is 5.17 Å². The number of nitrogens with zero attached hydrogens (tertiary/aromatic N) is 3. The van der Waals surface area contributed by atoms with E-state index in [2.05, 4.69) is 4.99 Å². The van der Waals surface area contributed by atoms with Gasteiger partial charge in [-0.15, -0.1) is 0 Å². The number of para-hydroxylation sites is 1. The van der Waals surface area contributed by atoms with E-state index in [9.17, 15) is 24.8 Å². The summed E-state index contributed by atoms with van der Waals surface area (Å²) in [7, 11) is 1.55. The number of nitro groups is 1. The van der Waals surface area contributed by atoms with Crippen molar-refractivity contribution < 1.29 is 19.6 Å². The molecule has 0 unspecified atom stereocenters. The monoisotopic (exact) mass is 397 g/mol. The first-order chi connectivity index (χ1) is 13.3. The maximum Gasteiger partial charge on any atom is 0.336 e. The molecule has 1 aliphatic rings. The van der Waals surface area contributed by atoms with Crippen LogP contribution in [0.4, 0.5) is 11.4 Å².